The Morgan fingerprint density at radius 1 is 1.12 bits per heavy atom. The Kier molecular flexibility index (Phi) is 6.29. The van der Waals surface area contributed by atoms with Crippen LogP contribution in [-0.4, -0.2) is 32.9 Å². The quantitative estimate of drug-likeness (QED) is 0.477. The number of hydrogen-bond donors (Lipinski definition) is 1. The van der Waals surface area contributed by atoms with E-state index in [0.29, 0.717) is 10.3 Å². The molecule has 1 N–H and O–H groups in total. The fourth-order valence-electron chi connectivity index (χ4n) is 2.27. The molecule has 0 spiro atoms. The number of benzene rings is 1. The van der Waals surface area contributed by atoms with Crippen LogP contribution in [-0.2, 0) is 4.79 Å². The molecule has 0 radical (unpaired) electrons. The number of nitrogens with one attached hydrogen (secondary N) is 1. The molecule has 1 aromatic carbocycles. The Labute approximate surface area is 165 Å². The molecule has 8 heteroatoms. The van der Waals surface area contributed by atoms with Gasteiger partial charge < -0.3 is 5.32 Å². The number of aromatic nitrogens is 3. The molecule has 5 nitrogen and oxygen atoms in total. The van der Waals surface area contributed by atoms with Crippen molar-refractivity contribution in [2.75, 3.05) is 17.3 Å². The molecule has 0 aliphatic carbocycles. The zero-order valence-electron chi connectivity index (χ0n) is 14.6. The summed E-state index contributed by atoms with van der Waals surface area (Å²) in [7, 11) is 0. The van der Waals surface area contributed by atoms with Gasteiger partial charge in [-0.25, -0.2) is 15.0 Å². The van der Waals surface area contributed by atoms with Crippen molar-refractivity contribution in [3.05, 3.63) is 47.1 Å². The highest BCUT2D eigenvalue weighted by atomic mass is 32.2. The lowest BCUT2D eigenvalue weighted by atomic mass is 10.2. The third-order valence-electron chi connectivity index (χ3n) is 3.43. The second-order valence-electron chi connectivity index (χ2n) is 5.54. The maximum Gasteiger partial charge on any atom is 0.236 e. The molecular formula is C18H18N4OS3. The molecule has 134 valence electrons. The third kappa shape index (κ3) is 5.06. The normalized spacial score (nSPS) is 10.7. The highest BCUT2D eigenvalue weighted by Crippen LogP contribution is 2.27. The van der Waals surface area contributed by atoms with Gasteiger partial charge in [-0.3, -0.25) is 4.79 Å². The molecule has 0 atom stereocenters. The monoisotopic (exact) mass is 402 g/mol. The molecule has 0 aliphatic rings. The van der Waals surface area contributed by atoms with E-state index in [4.69, 9.17) is 0 Å². The van der Waals surface area contributed by atoms with E-state index >= 15 is 0 Å². The van der Waals surface area contributed by atoms with Crippen LogP contribution in [0.1, 0.15) is 11.4 Å². The van der Waals surface area contributed by atoms with Crippen molar-refractivity contribution >= 4 is 45.9 Å². The maximum atomic E-state index is 12.2. The number of rotatable bonds is 6. The molecule has 26 heavy (non-hydrogen) atoms. The van der Waals surface area contributed by atoms with E-state index in [2.05, 4.69) is 32.4 Å². The van der Waals surface area contributed by atoms with Crippen LogP contribution in [0.4, 0.5) is 5.13 Å². The summed E-state index contributed by atoms with van der Waals surface area (Å²) in [6, 6.07) is 10.1. The van der Waals surface area contributed by atoms with Gasteiger partial charge in [0.1, 0.15) is 0 Å². The third-order valence-corrected chi connectivity index (χ3v) is 5.78. The first-order valence-electron chi connectivity index (χ1n) is 7.88. The summed E-state index contributed by atoms with van der Waals surface area (Å²) in [5.74, 6) is 0.136. The fourth-order valence-corrected chi connectivity index (χ4v) is 4.16. The summed E-state index contributed by atoms with van der Waals surface area (Å²) in [6.07, 6.45) is 2.05. The van der Waals surface area contributed by atoms with Crippen molar-refractivity contribution in [3.8, 4) is 11.3 Å². The van der Waals surface area contributed by atoms with E-state index in [1.54, 1.807) is 11.8 Å². The highest BCUT2D eigenvalue weighted by Gasteiger charge is 2.10. The lowest BCUT2D eigenvalue weighted by molar-refractivity contribution is -0.113. The van der Waals surface area contributed by atoms with Gasteiger partial charge in [0.25, 0.3) is 0 Å². The molecule has 1 amide bonds. The Bertz CT molecular complexity index is 889. The first kappa shape index (κ1) is 18.9. The molecule has 3 aromatic rings. The number of carbonyl (C=O) groups excluding carboxylic acids is 1. The van der Waals surface area contributed by atoms with Crippen LogP contribution in [0.5, 0.6) is 0 Å². The number of amides is 1. The molecule has 0 unspecified atom stereocenters. The summed E-state index contributed by atoms with van der Waals surface area (Å²) in [5, 5.41) is 6.01. The first-order chi connectivity index (χ1) is 12.5. The van der Waals surface area contributed by atoms with E-state index in [0.717, 1.165) is 22.6 Å². The smallest absolute Gasteiger partial charge is 0.236 e. The van der Waals surface area contributed by atoms with Gasteiger partial charge in [0.05, 0.1) is 11.4 Å². The summed E-state index contributed by atoms with van der Waals surface area (Å²) in [5.41, 5.74) is 3.70. The Morgan fingerprint density at radius 2 is 1.81 bits per heavy atom. The summed E-state index contributed by atoms with van der Waals surface area (Å²) < 4.78 is 0. The largest absolute Gasteiger partial charge is 0.301 e. The number of nitrogens with zero attached hydrogens (tertiary/aromatic N) is 3. The van der Waals surface area contributed by atoms with Crippen molar-refractivity contribution in [3.63, 3.8) is 0 Å². The van der Waals surface area contributed by atoms with Crippen LogP contribution < -0.4 is 5.32 Å². The summed E-state index contributed by atoms with van der Waals surface area (Å²) in [6.45, 7) is 3.84. The second-order valence-corrected chi connectivity index (χ2v) is 8.22. The van der Waals surface area contributed by atoms with Crippen molar-refractivity contribution in [2.45, 2.75) is 23.9 Å². The molecule has 0 bridgehead atoms. The van der Waals surface area contributed by atoms with Crippen molar-refractivity contribution < 1.29 is 4.79 Å². The number of hydrogen-bond acceptors (Lipinski definition) is 7. The zero-order valence-corrected chi connectivity index (χ0v) is 17.1. The van der Waals surface area contributed by atoms with E-state index in [-0.39, 0.29) is 11.7 Å². The molecular weight excluding hydrogens is 384 g/mol. The maximum absolute atomic E-state index is 12.2. The Balaban J connectivity index is 1.58. The van der Waals surface area contributed by atoms with Crippen LogP contribution in [0.15, 0.2) is 45.8 Å². The average molecular weight is 403 g/mol. The van der Waals surface area contributed by atoms with Gasteiger partial charge in [-0.1, -0.05) is 23.9 Å². The van der Waals surface area contributed by atoms with Gasteiger partial charge in [0.15, 0.2) is 10.3 Å². The number of anilines is 1. The van der Waals surface area contributed by atoms with Crippen LogP contribution in [0, 0.1) is 13.8 Å². The molecule has 0 saturated heterocycles. The minimum Gasteiger partial charge on any atom is -0.301 e. The topological polar surface area (TPSA) is 67.8 Å². The highest BCUT2D eigenvalue weighted by molar-refractivity contribution is 7.99. The van der Waals surface area contributed by atoms with Gasteiger partial charge in [0.2, 0.25) is 5.91 Å². The molecule has 2 aromatic heterocycles. The predicted octanol–water partition coefficient (Wildman–Crippen LogP) is 4.67. The van der Waals surface area contributed by atoms with Gasteiger partial charge >= 0.3 is 0 Å². The number of aryl methyl sites for hydroxylation is 2. The van der Waals surface area contributed by atoms with Crippen LogP contribution in [0.2, 0.25) is 0 Å². The summed E-state index contributed by atoms with van der Waals surface area (Å²) in [4.78, 5) is 26.5. The van der Waals surface area contributed by atoms with E-state index in [1.807, 2.05) is 43.7 Å². The lowest BCUT2D eigenvalue weighted by Crippen LogP contribution is -2.14. The number of carbonyl (C=O) groups is 1. The minimum atomic E-state index is -0.114. The Morgan fingerprint density at radius 3 is 2.46 bits per heavy atom. The Hall–Kier alpha value is -1.90. The predicted molar refractivity (Wildman–Crippen MR) is 110 cm³/mol. The van der Waals surface area contributed by atoms with E-state index < -0.39 is 0 Å². The molecule has 0 aliphatic heterocycles. The van der Waals surface area contributed by atoms with Gasteiger partial charge in [-0.15, -0.1) is 23.1 Å². The molecule has 2 heterocycles. The van der Waals surface area contributed by atoms with Crippen LogP contribution in [0.25, 0.3) is 11.3 Å². The SMILES string of the molecule is CSc1ccc(-c2csc(NC(=O)CSc3nc(C)cc(C)n3)n2)cc1. The summed E-state index contributed by atoms with van der Waals surface area (Å²) >= 11 is 4.45. The van der Waals surface area contributed by atoms with Crippen molar-refractivity contribution in [2.24, 2.45) is 0 Å². The first-order valence-corrected chi connectivity index (χ1v) is 11.0. The number of thiazole rings is 1. The van der Waals surface area contributed by atoms with Crippen LogP contribution in [0.3, 0.4) is 0 Å². The fraction of sp³-hybridized carbons (Fsp3) is 0.222. The number of thioether (sulfide) groups is 2. The molecule has 0 fully saturated rings. The minimum absolute atomic E-state index is 0.114. The average Bonchev–Trinajstić information content (AvgIpc) is 3.08. The van der Waals surface area contributed by atoms with Crippen molar-refractivity contribution in [1.82, 2.24) is 15.0 Å². The molecule has 0 saturated carbocycles. The van der Waals surface area contributed by atoms with Gasteiger partial charge in [-0.2, -0.15) is 0 Å². The standard InChI is InChI=1S/C18H18N4OS3/c1-11-8-12(2)20-17(19-11)26-10-16(23)22-18-21-15(9-25-18)13-4-6-14(24-3)7-5-13/h4-9H,10H2,1-3H3,(H,21,22,23). The van der Waals surface area contributed by atoms with Gasteiger partial charge in [-0.05, 0) is 38.3 Å². The van der Waals surface area contributed by atoms with E-state index in [1.165, 1.54) is 28.0 Å². The van der Waals surface area contributed by atoms with Crippen molar-refractivity contribution in [1.29, 1.82) is 0 Å². The van der Waals surface area contributed by atoms with Crippen LogP contribution >= 0.6 is 34.9 Å². The second kappa shape index (κ2) is 8.66. The van der Waals surface area contributed by atoms with E-state index in [9.17, 15) is 4.79 Å². The van der Waals surface area contributed by atoms with Gasteiger partial charge in [0, 0.05) is 27.2 Å². The lowest BCUT2D eigenvalue weighted by Gasteiger charge is -2.03. The zero-order chi connectivity index (χ0) is 18.5. The molecule has 3 rings (SSSR count).